The van der Waals surface area contributed by atoms with Crippen molar-refractivity contribution in [2.45, 2.75) is 33.2 Å². The minimum absolute atomic E-state index is 0.0176. The summed E-state index contributed by atoms with van der Waals surface area (Å²) in [7, 11) is 0. The number of aryl methyl sites for hydroxylation is 1. The molecule has 1 rings (SSSR count). The molecule has 7 nitrogen and oxygen atoms in total. The minimum atomic E-state index is -0.677. The van der Waals surface area contributed by atoms with Gasteiger partial charge in [-0.15, -0.1) is 0 Å². The van der Waals surface area contributed by atoms with Gasteiger partial charge in [0.15, 0.2) is 0 Å². The van der Waals surface area contributed by atoms with Crippen molar-refractivity contribution in [3.63, 3.8) is 0 Å². The maximum absolute atomic E-state index is 11.7. The van der Waals surface area contributed by atoms with Crippen molar-refractivity contribution in [2.75, 3.05) is 0 Å². The molecule has 0 aliphatic carbocycles. The molecule has 1 aromatic rings. The lowest BCUT2D eigenvalue weighted by Crippen LogP contribution is -2.40. The summed E-state index contributed by atoms with van der Waals surface area (Å²) in [6.45, 7) is 6.69. The van der Waals surface area contributed by atoms with Crippen LogP contribution in [0.5, 0.6) is 0 Å². The lowest BCUT2D eigenvalue weighted by molar-refractivity contribution is -0.386. The predicted molar refractivity (Wildman–Crippen MR) is 55.1 cm³/mol. The second-order valence-electron chi connectivity index (χ2n) is 4.40. The maximum atomic E-state index is 11.7. The van der Waals surface area contributed by atoms with Crippen molar-refractivity contribution < 1.29 is 14.2 Å². The van der Waals surface area contributed by atoms with Crippen LogP contribution in [0.25, 0.3) is 0 Å². The highest BCUT2D eigenvalue weighted by Gasteiger charge is 2.30. The van der Waals surface area contributed by atoms with E-state index in [-0.39, 0.29) is 17.1 Å². The molecule has 0 bridgehead atoms. The van der Waals surface area contributed by atoms with Crippen molar-refractivity contribution in [3.05, 3.63) is 21.6 Å². The lowest BCUT2D eigenvalue weighted by Gasteiger charge is -2.19. The first-order chi connectivity index (χ1) is 7.22. The van der Waals surface area contributed by atoms with Gasteiger partial charge in [-0.3, -0.25) is 14.9 Å². The van der Waals surface area contributed by atoms with E-state index in [0.29, 0.717) is 0 Å². The number of nitro groups is 1. The smallest absolute Gasteiger partial charge is 0.344 e. The zero-order valence-electron chi connectivity index (χ0n) is 9.53. The highest BCUT2D eigenvalue weighted by molar-refractivity contribution is 5.96. The van der Waals surface area contributed by atoms with Crippen LogP contribution in [-0.2, 0) is 0 Å². The van der Waals surface area contributed by atoms with Crippen LogP contribution >= 0.6 is 0 Å². The van der Waals surface area contributed by atoms with Gasteiger partial charge in [0.2, 0.25) is 11.5 Å². The number of aromatic nitrogens is 1. The molecule has 1 N–H and O–H groups in total. The van der Waals surface area contributed by atoms with Gasteiger partial charge in [0.1, 0.15) is 0 Å². The third kappa shape index (κ3) is 2.56. The van der Waals surface area contributed by atoms with E-state index in [1.165, 1.54) is 6.92 Å². The summed E-state index contributed by atoms with van der Waals surface area (Å²) in [4.78, 5) is 21.7. The van der Waals surface area contributed by atoms with Crippen molar-refractivity contribution >= 4 is 11.6 Å². The summed E-state index contributed by atoms with van der Waals surface area (Å²) >= 11 is 0. The Morgan fingerprint density at radius 3 is 2.50 bits per heavy atom. The zero-order chi connectivity index (χ0) is 12.5. The van der Waals surface area contributed by atoms with Crippen LogP contribution in [0.1, 0.15) is 37.0 Å². The van der Waals surface area contributed by atoms with Crippen LogP contribution in [0.3, 0.4) is 0 Å². The fourth-order valence-corrected chi connectivity index (χ4v) is 1.13. The van der Waals surface area contributed by atoms with Gasteiger partial charge in [0, 0.05) is 12.5 Å². The first-order valence-electron chi connectivity index (χ1n) is 4.65. The van der Waals surface area contributed by atoms with Crippen LogP contribution in [0.4, 0.5) is 5.69 Å². The van der Waals surface area contributed by atoms with Gasteiger partial charge in [-0.05, 0) is 20.8 Å². The molecule has 0 spiro atoms. The largest absolute Gasteiger partial charge is 0.353 e. The number of nitrogens with one attached hydrogen (secondary N) is 1. The average molecular weight is 227 g/mol. The van der Waals surface area contributed by atoms with Gasteiger partial charge in [-0.1, -0.05) is 5.16 Å². The third-order valence-electron chi connectivity index (χ3n) is 1.72. The van der Waals surface area contributed by atoms with E-state index in [1.807, 2.05) is 0 Å². The molecular formula is C9H13N3O4. The Morgan fingerprint density at radius 2 is 2.06 bits per heavy atom. The third-order valence-corrected chi connectivity index (χ3v) is 1.72. The monoisotopic (exact) mass is 227 g/mol. The molecule has 0 aromatic carbocycles. The summed E-state index contributed by atoms with van der Waals surface area (Å²) in [5.74, 6) is -0.597. The van der Waals surface area contributed by atoms with Crippen molar-refractivity contribution in [3.8, 4) is 0 Å². The van der Waals surface area contributed by atoms with Gasteiger partial charge < -0.3 is 9.84 Å². The fraction of sp³-hybridized carbons (Fsp3) is 0.556. The van der Waals surface area contributed by atoms with Crippen LogP contribution in [0.2, 0.25) is 0 Å². The van der Waals surface area contributed by atoms with Crippen molar-refractivity contribution in [1.82, 2.24) is 10.5 Å². The van der Waals surface area contributed by atoms with Gasteiger partial charge in [0.05, 0.1) is 4.92 Å². The Hall–Kier alpha value is -1.92. The Labute approximate surface area is 92.0 Å². The molecule has 88 valence electrons. The number of nitrogens with zero attached hydrogens (tertiary/aromatic N) is 2. The van der Waals surface area contributed by atoms with Gasteiger partial charge in [-0.25, -0.2) is 0 Å². The van der Waals surface area contributed by atoms with Crippen LogP contribution in [0, 0.1) is 17.0 Å². The molecule has 0 aliphatic rings. The molecule has 0 atom stereocenters. The molecule has 0 aliphatic heterocycles. The van der Waals surface area contributed by atoms with E-state index in [0.717, 1.165) is 0 Å². The fourth-order valence-electron chi connectivity index (χ4n) is 1.13. The second kappa shape index (κ2) is 3.92. The highest BCUT2D eigenvalue weighted by Crippen LogP contribution is 2.22. The Balaban J connectivity index is 3.05. The zero-order valence-corrected chi connectivity index (χ0v) is 9.53. The number of hydrogen-bond donors (Lipinski definition) is 1. The molecular weight excluding hydrogens is 214 g/mol. The lowest BCUT2D eigenvalue weighted by atomic mass is 10.1. The normalized spacial score (nSPS) is 11.2. The molecule has 1 aromatic heterocycles. The maximum Gasteiger partial charge on any atom is 0.344 e. The average Bonchev–Trinajstić information content (AvgIpc) is 2.43. The summed E-state index contributed by atoms with van der Waals surface area (Å²) in [6, 6.07) is 0. The summed E-state index contributed by atoms with van der Waals surface area (Å²) in [5, 5.41) is 16.7. The number of carbonyl (C=O) groups is 1. The van der Waals surface area contributed by atoms with Crippen LogP contribution in [0.15, 0.2) is 4.52 Å². The van der Waals surface area contributed by atoms with Crippen LogP contribution < -0.4 is 5.32 Å². The van der Waals surface area contributed by atoms with E-state index in [1.54, 1.807) is 20.8 Å². The second-order valence-corrected chi connectivity index (χ2v) is 4.40. The van der Waals surface area contributed by atoms with Gasteiger partial charge in [0.25, 0.3) is 5.91 Å². The van der Waals surface area contributed by atoms with Gasteiger partial charge >= 0.3 is 5.69 Å². The first kappa shape index (κ1) is 12.2. The number of carbonyl (C=O) groups excluding carboxylic acids is 1. The quantitative estimate of drug-likeness (QED) is 0.608. The van der Waals surface area contributed by atoms with E-state index in [2.05, 4.69) is 15.0 Å². The highest BCUT2D eigenvalue weighted by atomic mass is 16.6. The Morgan fingerprint density at radius 1 is 1.50 bits per heavy atom. The van der Waals surface area contributed by atoms with E-state index in [9.17, 15) is 14.9 Å². The Kier molecular flexibility index (Phi) is 2.97. The van der Waals surface area contributed by atoms with E-state index in [4.69, 9.17) is 0 Å². The topological polar surface area (TPSA) is 98.3 Å². The van der Waals surface area contributed by atoms with E-state index >= 15 is 0 Å². The minimum Gasteiger partial charge on any atom is -0.353 e. The standard InChI is InChI=1S/C9H13N3O4/c1-5-7(12(14)15)6(11-16-5)8(13)10-9(2,3)4/h1-4H3,(H,10,13). The molecule has 7 heteroatoms. The summed E-state index contributed by atoms with van der Waals surface area (Å²) in [6.07, 6.45) is 0. The molecule has 0 unspecified atom stereocenters. The number of hydrogen-bond acceptors (Lipinski definition) is 5. The number of amides is 1. The molecule has 16 heavy (non-hydrogen) atoms. The number of rotatable bonds is 2. The molecule has 0 saturated heterocycles. The van der Waals surface area contributed by atoms with Crippen molar-refractivity contribution in [2.24, 2.45) is 0 Å². The van der Waals surface area contributed by atoms with Crippen molar-refractivity contribution in [1.29, 1.82) is 0 Å². The molecule has 0 saturated carbocycles. The Bertz CT molecular complexity index is 430. The van der Waals surface area contributed by atoms with Gasteiger partial charge in [-0.2, -0.15) is 0 Å². The predicted octanol–water partition coefficient (Wildman–Crippen LogP) is 1.42. The molecule has 0 radical (unpaired) electrons. The SMILES string of the molecule is Cc1onc(C(=O)NC(C)(C)C)c1[N+](=O)[O-]. The summed E-state index contributed by atoms with van der Waals surface area (Å²) < 4.78 is 4.64. The first-order valence-corrected chi connectivity index (χ1v) is 4.65. The molecule has 0 fully saturated rings. The van der Waals surface area contributed by atoms with Crippen LogP contribution in [-0.4, -0.2) is 21.5 Å². The summed E-state index contributed by atoms with van der Waals surface area (Å²) in [5.41, 5.74) is -1.17. The van der Waals surface area contributed by atoms with E-state index < -0.39 is 16.4 Å². The molecule has 1 amide bonds. The molecule has 1 heterocycles.